The number of Topliss-reactive ketones (excluding diaryl/α,β-unsaturated/α-hetero) is 1. The fourth-order valence-corrected chi connectivity index (χ4v) is 4.83. The van der Waals surface area contributed by atoms with Gasteiger partial charge < -0.3 is 15.7 Å². The number of aromatic hydroxyl groups is 1. The summed E-state index contributed by atoms with van der Waals surface area (Å²) in [4.78, 5) is 36.3. The van der Waals surface area contributed by atoms with E-state index in [4.69, 9.17) is 11.6 Å². The van der Waals surface area contributed by atoms with Gasteiger partial charge in [-0.2, -0.15) is 0 Å². The second-order valence-corrected chi connectivity index (χ2v) is 8.63. The Balaban J connectivity index is 1.74. The van der Waals surface area contributed by atoms with Crippen LogP contribution in [0, 0.1) is 11.8 Å². The molecule has 2 fully saturated rings. The first-order valence-corrected chi connectivity index (χ1v) is 10.2. The number of rotatable bonds is 6. The molecule has 6 nitrogen and oxygen atoms in total. The van der Waals surface area contributed by atoms with Gasteiger partial charge in [-0.3, -0.25) is 14.4 Å². The maximum Gasteiger partial charge on any atom is 0.223 e. The Kier molecular flexibility index (Phi) is 5.98. The number of hydrogen-bond acceptors (Lipinski definition) is 4. The third kappa shape index (κ3) is 4.32. The number of benzene rings is 1. The van der Waals surface area contributed by atoms with Crippen molar-refractivity contribution in [1.29, 1.82) is 0 Å². The number of phenols is 1. The maximum absolute atomic E-state index is 12.9. The van der Waals surface area contributed by atoms with Gasteiger partial charge in [0.2, 0.25) is 11.8 Å². The second-order valence-electron chi connectivity index (χ2n) is 8.20. The third-order valence-corrected chi connectivity index (χ3v) is 6.30. The number of ketones is 1. The van der Waals surface area contributed by atoms with Gasteiger partial charge in [0.05, 0.1) is 11.6 Å². The Morgan fingerprint density at radius 2 is 1.79 bits per heavy atom. The number of phenolic OH excluding ortho intramolecular Hbond substituents is 1. The van der Waals surface area contributed by atoms with Gasteiger partial charge in [0, 0.05) is 17.9 Å². The molecule has 0 radical (unpaired) electrons. The van der Waals surface area contributed by atoms with Crippen molar-refractivity contribution < 1.29 is 19.5 Å². The van der Waals surface area contributed by atoms with E-state index in [1.807, 2.05) is 0 Å². The van der Waals surface area contributed by atoms with Crippen LogP contribution in [0.1, 0.15) is 64.0 Å². The van der Waals surface area contributed by atoms with E-state index < -0.39 is 5.54 Å². The Morgan fingerprint density at radius 1 is 1.14 bits per heavy atom. The van der Waals surface area contributed by atoms with E-state index >= 15 is 0 Å². The van der Waals surface area contributed by atoms with Gasteiger partial charge in [-0.15, -0.1) is 0 Å². The predicted molar refractivity (Wildman–Crippen MR) is 106 cm³/mol. The van der Waals surface area contributed by atoms with Crippen LogP contribution in [0.4, 0.5) is 0 Å². The lowest BCUT2D eigenvalue weighted by Gasteiger charge is -2.45. The zero-order valence-corrected chi connectivity index (χ0v) is 17.0. The molecule has 28 heavy (non-hydrogen) atoms. The molecule has 152 valence electrons. The summed E-state index contributed by atoms with van der Waals surface area (Å²) in [6, 6.07) is 4.67. The van der Waals surface area contributed by atoms with Crippen molar-refractivity contribution in [1.82, 2.24) is 10.6 Å². The highest BCUT2D eigenvalue weighted by molar-refractivity contribution is 6.30. The molecule has 0 unspecified atom stereocenters. The molecule has 1 aromatic carbocycles. The first-order chi connectivity index (χ1) is 13.2. The Bertz CT molecular complexity index is 762. The minimum atomic E-state index is -0.926. The molecule has 1 atom stereocenters. The summed E-state index contributed by atoms with van der Waals surface area (Å²) in [5, 5.41) is 16.2. The van der Waals surface area contributed by atoms with Crippen molar-refractivity contribution in [2.24, 2.45) is 11.8 Å². The van der Waals surface area contributed by atoms with Crippen molar-refractivity contribution in [3.05, 3.63) is 28.8 Å². The largest absolute Gasteiger partial charge is 0.508 e. The van der Waals surface area contributed by atoms with Crippen LogP contribution in [0.3, 0.4) is 0 Å². The zero-order chi connectivity index (χ0) is 20.5. The number of carbonyl (C=O) groups excluding carboxylic acids is 3. The Morgan fingerprint density at radius 3 is 2.32 bits per heavy atom. The molecule has 2 amide bonds. The van der Waals surface area contributed by atoms with E-state index in [1.165, 1.54) is 19.9 Å². The molecule has 0 saturated heterocycles. The first kappa shape index (κ1) is 20.6. The molecular formula is C21H27ClN2O4. The standard InChI is InChI=1S/C21H27ClN2O4/c1-12(25)21(24-13(2)26)10-16(11-21)20(28)23-19(14-5-3-4-6-14)15-7-17(22)9-18(27)8-15/h7-9,14,16,19,27H,3-6,10-11H2,1-2H3,(H,23,28)(H,24,26)/t16?,19-,21?/m0/s1. The summed E-state index contributed by atoms with van der Waals surface area (Å²) < 4.78 is 0. The van der Waals surface area contributed by atoms with Gasteiger partial charge in [-0.1, -0.05) is 24.4 Å². The molecule has 0 aromatic heterocycles. The number of hydrogen-bond donors (Lipinski definition) is 3. The summed E-state index contributed by atoms with van der Waals surface area (Å²) in [5.74, 6) is -0.489. The maximum atomic E-state index is 12.9. The van der Waals surface area contributed by atoms with E-state index in [9.17, 15) is 19.5 Å². The van der Waals surface area contributed by atoms with Crippen molar-refractivity contribution in [2.45, 2.75) is 64.0 Å². The minimum Gasteiger partial charge on any atom is -0.508 e. The van der Waals surface area contributed by atoms with Crippen LogP contribution in [0.25, 0.3) is 0 Å². The topological polar surface area (TPSA) is 95.5 Å². The lowest BCUT2D eigenvalue weighted by molar-refractivity contribution is -0.142. The van der Waals surface area contributed by atoms with E-state index in [0.29, 0.717) is 17.9 Å². The Hall–Kier alpha value is -2.08. The smallest absolute Gasteiger partial charge is 0.223 e. The molecule has 1 aromatic rings. The monoisotopic (exact) mass is 406 g/mol. The van der Waals surface area contributed by atoms with Crippen molar-refractivity contribution in [3.63, 3.8) is 0 Å². The molecule has 2 aliphatic carbocycles. The van der Waals surface area contributed by atoms with Crippen LogP contribution < -0.4 is 10.6 Å². The summed E-state index contributed by atoms with van der Waals surface area (Å²) in [7, 11) is 0. The van der Waals surface area contributed by atoms with Crippen LogP contribution in [0.5, 0.6) is 5.75 Å². The van der Waals surface area contributed by atoms with E-state index in [0.717, 1.165) is 31.2 Å². The summed E-state index contributed by atoms with van der Waals surface area (Å²) >= 11 is 6.11. The van der Waals surface area contributed by atoms with Crippen LogP contribution in [-0.2, 0) is 14.4 Å². The highest BCUT2D eigenvalue weighted by atomic mass is 35.5. The van der Waals surface area contributed by atoms with Gasteiger partial charge in [-0.25, -0.2) is 0 Å². The van der Waals surface area contributed by atoms with Gasteiger partial charge >= 0.3 is 0 Å². The average molecular weight is 407 g/mol. The van der Waals surface area contributed by atoms with Gasteiger partial charge in [0.15, 0.2) is 5.78 Å². The highest BCUT2D eigenvalue weighted by Gasteiger charge is 2.51. The highest BCUT2D eigenvalue weighted by Crippen LogP contribution is 2.41. The van der Waals surface area contributed by atoms with Crippen molar-refractivity contribution in [3.8, 4) is 5.75 Å². The van der Waals surface area contributed by atoms with E-state index in [2.05, 4.69) is 10.6 Å². The molecule has 2 aliphatic rings. The molecule has 0 spiro atoms. The molecule has 7 heteroatoms. The SMILES string of the molecule is CC(=O)NC1(C(C)=O)CC(C(=O)N[C@H](c2cc(O)cc(Cl)c2)C2CCCC2)C1. The predicted octanol–water partition coefficient (Wildman–Crippen LogP) is 3.27. The molecular weight excluding hydrogens is 380 g/mol. The molecule has 3 N–H and O–H groups in total. The zero-order valence-electron chi connectivity index (χ0n) is 16.3. The average Bonchev–Trinajstić information content (AvgIpc) is 3.07. The minimum absolute atomic E-state index is 0.0737. The third-order valence-electron chi connectivity index (χ3n) is 6.08. The quantitative estimate of drug-likeness (QED) is 0.675. The summed E-state index contributed by atoms with van der Waals surface area (Å²) in [6.07, 6.45) is 4.86. The molecule has 0 bridgehead atoms. The summed E-state index contributed by atoms with van der Waals surface area (Å²) in [5.41, 5.74) is -0.130. The van der Waals surface area contributed by atoms with Gasteiger partial charge in [0.1, 0.15) is 5.75 Å². The number of halogens is 1. The van der Waals surface area contributed by atoms with Crippen LogP contribution in [0.2, 0.25) is 5.02 Å². The number of nitrogens with one attached hydrogen (secondary N) is 2. The molecule has 3 rings (SSSR count). The number of amides is 2. The Labute approximate surface area is 170 Å². The fourth-order valence-electron chi connectivity index (χ4n) is 4.59. The van der Waals surface area contributed by atoms with Crippen LogP contribution in [-0.4, -0.2) is 28.2 Å². The molecule has 2 saturated carbocycles. The number of carbonyl (C=O) groups is 3. The van der Waals surface area contributed by atoms with Crippen LogP contribution in [0.15, 0.2) is 18.2 Å². The molecule has 0 heterocycles. The fraction of sp³-hybridized carbons (Fsp3) is 0.571. The molecule has 0 aliphatic heterocycles. The normalized spacial score (nSPS) is 25.6. The summed E-state index contributed by atoms with van der Waals surface area (Å²) in [6.45, 7) is 2.82. The van der Waals surface area contributed by atoms with Gasteiger partial charge in [0.25, 0.3) is 0 Å². The lowest BCUT2D eigenvalue weighted by Crippen LogP contribution is -2.64. The second kappa shape index (κ2) is 8.11. The van der Waals surface area contributed by atoms with Crippen LogP contribution >= 0.6 is 11.6 Å². The van der Waals surface area contributed by atoms with Crippen molar-refractivity contribution in [2.75, 3.05) is 0 Å². The van der Waals surface area contributed by atoms with E-state index in [1.54, 1.807) is 12.1 Å². The van der Waals surface area contributed by atoms with E-state index in [-0.39, 0.29) is 41.2 Å². The first-order valence-electron chi connectivity index (χ1n) is 9.80. The van der Waals surface area contributed by atoms with Gasteiger partial charge in [-0.05, 0) is 62.3 Å². The lowest BCUT2D eigenvalue weighted by atomic mass is 9.65. The van der Waals surface area contributed by atoms with Crippen molar-refractivity contribution >= 4 is 29.2 Å².